The summed E-state index contributed by atoms with van der Waals surface area (Å²) in [7, 11) is 0. The number of hydrogen-bond acceptors (Lipinski definition) is 3. The summed E-state index contributed by atoms with van der Waals surface area (Å²) >= 11 is 1.65. The van der Waals surface area contributed by atoms with Crippen molar-refractivity contribution in [1.29, 1.82) is 0 Å². The lowest BCUT2D eigenvalue weighted by Gasteiger charge is -2.18. The first-order valence-corrected chi connectivity index (χ1v) is 7.70. The highest BCUT2D eigenvalue weighted by Gasteiger charge is 2.20. The first-order valence-electron chi connectivity index (χ1n) is 6.82. The highest BCUT2D eigenvalue weighted by Crippen LogP contribution is 2.31. The molecule has 4 heteroatoms. The van der Waals surface area contributed by atoms with Gasteiger partial charge in [0.15, 0.2) is 0 Å². The van der Waals surface area contributed by atoms with Crippen molar-refractivity contribution in [2.75, 3.05) is 5.32 Å². The van der Waals surface area contributed by atoms with Gasteiger partial charge in [0.05, 0.1) is 6.04 Å². The zero-order valence-corrected chi connectivity index (χ0v) is 12.6. The highest BCUT2D eigenvalue weighted by molar-refractivity contribution is 7.13. The molecule has 1 aromatic carbocycles. The maximum atomic E-state index is 12.2. The van der Waals surface area contributed by atoms with E-state index < -0.39 is 6.04 Å². The Balaban J connectivity index is 2.20. The van der Waals surface area contributed by atoms with E-state index in [0.717, 1.165) is 22.5 Å². The Bertz CT molecular complexity index is 566. The molecule has 3 nitrogen and oxygen atoms in total. The maximum absolute atomic E-state index is 12.2. The average Bonchev–Trinajstić information content (AvgIpc) is 3.00. The summed E-state index contributed by atoms with van der Waals surface area (Å²) in [6.45, 7) is 4.03. The van der Waals surface area contributed by atoms with Gasteiger partial charge in [-0.3, -0.25) is 4.79 Å². The number of carbonyl (C=O) groups excluding carboxylic acids is 1. The fourth-order valence-corrected chi connectivity index (χ4v) is 2.73. The molecule has 3 N–H and O–H groups in total. The Hall–Kier alpha value is -1.65. The Morgan fingerprint density at radius 3 is 2.70 bits per heavy atom. The van der Waals surface area contributed by atoms with Crippen molar-refractivity contribution in [3.63, 3.8) is 0 Å². The third-order valence-electron chi connectivity index (χ3n) is 3.53. The van der Waals surface area contributed by atoms with Crippen molar-refractivity contribution in [3.05, 3.63) is 41.8 Å². The van der Waals surface area contributed by atoms with Gasteiger partial charge in [-0.15, -0.1) is 11.3 Å². The minimum atomic E-state index is -0.476. The van der Waals surface area contributed by atoms with E-state index in [1.807, 2.05) is 55.6 Å². The lowest BCUT2D eigenvalue weighted by molar-refractivity contribution is -0.118. The number of amides is 1. The van der Waals surface area contributed by atoms with Gasteiger partial charge in [-0.2, -0.15) is 0 Å². The van der Waals surface area contributed by atoms with Crippen molar-refractivity contribution in [2.45, 2.75) is 26.3 Å². The van der Waals surface area contributed by atoms with Crippen molar-refractivity contribution in [2.24, 2.45) is 11.7 Å². The molecule has 0 aliphatic carbocycles. The summed E-state index contributed by atoms with van der Waals surface area (Å²) in [5, 5.41) is 4.98. The van der Waals surface area contributed by atoms with Gasteiger partial charge >= 0.3 is 0 Å². The summed E-state index contributed by atoms with van der Waals surface area (Å²) < 4.78 is 0. The second-order valence-corrected chi connectivity index (χ2v) is 5.87. The van der Waals surface area contributed by atoms with E-state index >= 15 is 0 Å². The minimum Gasteiger partial charge on any atom is -0.324 e. The van der Waals surface area contributed by atoms with Crippen LogP contribution in [0, 0.1) is 5.92 Å². The molecule has 1 aromatic heterocycles. The van der Waals surface area contributed by atoms with Crippen LogP contribution in [0.4, 0.5) is 5.69 Å². The molecule has 106 valence electrons. The molecule has 0 radical (unpaired) electrons. The van der Waals surface area contributed by atoms with E-state index in [0.29, 0.717) is 0 Å². The molecule has 1 amide bonds. The van der Waals surface area contributed by atoms with E-state index in [-0.39, 0.29) is 11.8 Å². The van der Waals surface area contributed by atoms with E-state index in [9.17, 15) is 4.79 Å². The van der Waals surface area contributed by atoms with E-state index in [1.165, 1.54) is 0 Å². The van der Waals surface area contributed by atoms with Gasteiger partial charge in [-0.1, -0.05) is 44.5 Å². The predicted molar refractivity (Wildman–Crippen MR) is 85.8 cm³/mol. The Kier molecular flexibility index (Phi) is 4.93. The molecule has 0 saturated heterocycles. The van der Waals surface area contributed by atoms with Crippen LogP contribution in [0.1, 0.15) is 20.3 Å². The molecule has 0 fully saturated rings. The molecular formula is C16H20N2OS. The molecule has 2 unspecified atom stereocenters. The van der Waals surface area contributed by atoms with Crippen LogP contribution in [0.2, 0.25) is 0 Å². The second kappa shape index (κ2) is 6.68. The number of carbonyl (C=O) groups is 1. The SMILES string of the molecule is CCC(C)C(N)C(=O)Nc1ccccc1-c1cccs1. The fourth-order valence-electron chi connectivity index (χ4n) is 1.97. The lowest BCUT2D eigenvalue weighted by Crippen LogP contribution is -2.40. The number of rotatable bonds is 5. The minimum absolute atomic E-state index is 0.122. The van der Waals surface area contributed by atoms with Crippen LogP contribution >= 0.6 is 11.3 Å². The number of anilines is 1. The molecule has 2 atom stereocenters. The number of hydrogen-bond donors (Lipinski definition) is 2. The molecular weight excluding hydrogens is 268 g/mol. The highest BCUT2D eigenvalue weighted by atomic mass is 32.1. The molecule has 1 heterocycles. The molecule has 0 aliphatic heterocycles. The third-order valence-corrected chi connectivity index (χ3v) is 4.43. The van der Waals surface area contributed by atoms with Crippen LogP contribution < -0.4 is 11.1 Å². The zero-order valence-electron chi connectivity index (χ0n) is 11.8. The van der Waals surface area contributed by atoms with Crippen LogP contribution in [0.3, 0.4) is 0 Å². The molecule has 2 aromatic rings. The summed E-state index contributed by atoms with van der Waals surface area (Å²) in [5.74, 6) is 0.0484. The van der Waals surface area contributed by atoms with Crippen LogP contribution in [-0.2, 0) is 4.79 Å². The van der Waals surface area contributed by atoms with Crippen LogP contribution in [0.5, 0.6) is 0 Å². The van der Waals surface area contributed by atoms with Crippen LogP contribution in [0.25, 0.3) is 10.4 Å². The summed E-state index contributed by atoms with van der Waals surface area (Å²) in [4.78, 5) is 13.3. The van der Waals surface area contributed by atoms with Gasteiger partial charge in [0.25, 0.3) is 0 Å². The third kappa shape index (κ3) is 3.26. The predicted octanol–water partition coefficient (Wildman–Crippen LogP) is 3.73. The van der Waals surface area contributed by atoms with Crippen molar-refractivity contribution in [3.8, 4) is 10.4 Å². The van der Waals surface area contributed by atoms with Crippen molar-refractivity contribution >= 4 is 22.9 Å². The molecule has 0 aliphatic rings. The van der Waals surface area contributed by atoms with Crippen molar-refractivity contribution < 1.29 is 4.79 Å². The Labute approximate surface area is 123 Å². The topological polar surface area (TPSA) is 55.1 Å². The first-order chi connectivity index (χ1) is 9.63. The van der Waals surface area contributed by atoms with Gasteiger partial charge in [0, 0.05) is 16.1 Å². The van der Waals surface area contributed by atoms with Crippen LogP contribution in [-0.4, -0.2) is 11.9 Å². The first kappa shape index (κ1) is 14.8. The normalized spacial score (nSPS) is 13.8. The van der Waals surface area contributed by atoms with Gasteiger partial charge in [0.1, 0.15) is 0 Å². The van der Waals surface area contributed by atoms with Gasteiger partial charge < -0.3 is 11.1 Å². The van der Waals surface area contributed by atoms with Crippen molar-refractivity contribution in [1.82, 2.24) is 0 Å². The number of benzene rings is 1. The second-order valence-electron chi connectivity index (χ2n) is 4.92. The molecule has 0 spiro atoms. The fraction of sp³-hybridized carbons (Fsp3) is 0.312. The van der Waals surface area contributed by atoms with Gasteiger partial charge in [0.2, 0.25) is 5.91 Å². The maximum Gasteiger partial charge on any atom is 0.241 e. The number of para-hydroxylation sites is 1. The number of thiophene rings is 1. The van der Waals surface area contributed by atoms with E-state index in [2.05, 4.69) is 5.32 Å². The smallest absolute Gasteiger partial charge is 0.241 e. The van der Waals surface area contributed by atoms with Gasteiger partial charge in [-0.05, 0) is 23.4 Å². The molecule has 0 saturated carbocycles. The Morgan fingerprint density at radius 1 is 1.30 bits per heavy atom. The molecule has 0 bridgehead atoms. The number of nitrogens with one attached hydrogen (secondary N) is 1. The zero-order chi connectivity index (χ0) is 14.5. The molecule has 20 heavy (non-hydrogen) atoms. The lowest BCUT2D eigenvalue weighted by atomic mass is 9.99. The van der Waals surface area contributed by atoms with E-state index in [1.54, 1.807) is 11.3 Å². The standard InChI is InChI=1S/C16H20N2OS/c1-3-11(2)15(17)16(19)18-13-8-5-4-7-12(13)14-9-6-10-20-14/h4-11,15H,3,17H2,1-2H3,(H,18,19). The van der Waals surface area contributed by atoms with Crippen LogP contribution in [0.15, 0.2) is 41.8 Å². The van der Waals surface area contributed by atoms with E-state index in [4.69, 9.17) is 5.73 Å². The largest absolute Gasteiger partial charge is 0.324 e. The Morgan fingerprint density at radius 2 is 2.05 bits per heavy atom. The quantitative estimate of drug-likeness (QED) is 0.881. The van der Waals surface area contributed by atoms with Gasteiger partial charge in [-0.25, -0.2) is 0 Å². The summed E-state index contributed by atoms with van der Waals surface area (Å²) in [6, 6.07) is 11.4. The monoisotopic (exact) mass is 288 g/mol. The summed E-state index contributed by atoms with van der Waals surface area (Å²) in [5.41, 5.74) is 7.83. The average molecular weight is 288 g/mol. The number of nitrogens with two attached hydrogens (primary N) is 1. The summed E-state index contributed by atoms with van der Waals surface area (Å²) in [6.07, 6.45) is 0.890. The molecule has 2 rings (SSSR count).